The van der Waals surface area contributed by atoms with Crippen LogP contribution in [0.1, 0.15) is 92.8 Å². The molecule has 0 bridgehead atoms. The summed E-state index contributed by atoms with van der Waals surface area (Å²) in [6.45, 7) is 10.3. The number of hydrogen-bond donors (Lipinski definition) is 2. The summed E-state index contributed by atoms with van der Waals surface area (Å²) in [5, 5.41) is 12.4. The Labute approximate surface area is 310 Å². The van der Waals surface area contributed by atoms with E-state index in [1.165, 1.54) is 37.0 Å². The Kier molecular flexibility index (Phi) is 11.4. The number of carboxylic acid groups (broad SMARTS) is 1. The van der Waals surface area contributed by atoms with E-state index >= 15 is 0 Å². The smallest absolute Gasteiger partial charge is 0.306 e. The minimum atomic E-state index is -0.768. The van der Waals surface area contributed by atoms with Crippen molar-refractivity contribution in [1.82, 2.24) is 20.2 Å². The molecule has 1 aliphatic heterocycles. The SMILES string of the molecule is CCCCCCCOc1ccc(-c2cnc(-c3ccc(C[C@H](NC(=O)c4ccc(C(C)(C)C)s4)C(=O)N4CC5(CC(C(=O)O)C5)C4)cc3)nc2)cc1. The van der Waals surface area contributed by atoms with Gasteiger partial charge in [0.05, 0.1) is 17.4 Å². The number of nitrogens with zero attached hydrogens (tertiary/aromatic N) is 3. The largest absolute Gasteiger partial charge is 0.494 e. The molecule has 2 fully saturated rings. The van der Waals surface area contributed by atoms with Crippen molar-refractivity contribution in [3.63, 3.8) is 0 Å². The molecule has 2 N–H and O–H groups in total. The van der Waals surface area contributed by atoms with E-state index in [4.69, 9.17) is 4.74 Å². The predicted octanol–water partition coefficient (Wildman–Crippen LogP) is 8.18. The van der Waals surface area contributed by atoms with Gasteiger partial charge in [-0.25, -0.2) is 9.97 Å². The number of rotatable bonds is 15. The molecule has 9 nitrogen and oxygen atoms in total. The van der Waals surface area contributed by atoms with Crippen LogP contribution in [0.4, 0.5) is 0 Å². The Balaban J connectivity index is 1.08. The third-order valence-corrected chi connectivity index (χ3v) is 11.8. The highest BCUT2D eigenvalue weighted by Crippen LogP contribution is 2.52. The van der Waals surface area contributed by atoms with E-state index in [9.17, 15) is 19.5 Å². The maximum Gasteiger partial charge on any atom is 0.306 e. The highest BCUT2D eigenvalue weighted by Gasteiger charge is 2.56. The van der Waals surface area contributed by atoms with Crippen molar-refractivity contribution in [1.29, 1.82) is 0 Å². The summed E-state index contributed by atoms with van der Waals surface area (Å²) in [4.78, 5) is 51.3. The summed E-state index contributed by atoms with van der Waals surface area (Å²) in [7, 11) is 0. The van der Waals surface area contributed by atoms with Crippen LogP contribution in [-0.2, 0) is 21.4 Å². The summed E-state index contributed by atoms with van der Waals surface area (Å²) >= 11 is 1.44. The average molecular weight is 723 g/mol. The lowest BCUT2D eigenvalue weighted by Crippen LogP contribution is -2.67. The molecule has 1 spiro atoms. The van der Waals surface area contributed by atoms with E-state index in [1.54, 1.807) is 4.90 Å². The van der Waals surface area contributed by atoms with Crippen LogP contribution in [0.15, 0.2) is 73.1 Å². The number of carboxylic acids is 1. The van der Waals surface area contributed by atoms with Crippen LogP contribution in [0.25, 0.3) is 22.5 Å². The predicted molar refractivity (Wildman–Crippen MR) is 205 cm³/mol. The molecule has 2 amide bonds. The van der Waals surface area contributed by atoms with E-state index in [-0.39, 0.29) is 28.6 Å². The zero-order valence-electron chi connectivity index (χ0n) is 30.7. The molecule has 1 saturated carbocycles. The van der Waals surface area contributed by atoms with Gasteiger partial charge in [-0.05, 0) is 60.1 Å². The number of unbranched alkanes of at least 4 members (excludes halogenated alkanes) is 4. The van der Waals surface area contributed by atoms with Crippen LogP contribution in [-0.4, -0.2) is 63.5 Å². The van der Waals surface area contributed by atoms with Gasteiger partial charge in [0.15, 0.2) is 5.82 Å². The second-order valence-electron chi connectivity index (χ2n) is 15.6. The summed E-state index contributed by atoms with van der Waals surface area (Å²) in [5.74, 6) is -0.0529. The van der Waals surface area contributed by atoms with Crippen molar-refractivity contribution >= 4 is 29.1 Å². The lowest BCUT2D eigenvalue weighted by atomic mass is 9.57. The first kappa shape index (κ1) is 37.2. The van der Waals surface area contributed by atoms with Gasteiger partial charge in [-0.2, -0.15) is 0 Å². The monoisotopic (exact) mass is 722 g/mol. The standard InChI is InChI=1S/C42H50N4O5S/c1-5-6-7-8-9-20-51-33-16-14-29(15-17-33)32-24-43-37(44-25-32)30-12-10-28(11-13-30)21-34(45-38(47)35-18-19-36(52-35)41(2,3)4)39(48)46-26-42(27-46)22-31(23-42)40(49)50/h10-19,24-25,31,34H,5-9,20-23,26-27H2,1-4H3,(H,45,47)(H,49,50)/t34-/m0/s1. The third kappa shape index (κ3) is 8.89. The molecule has 1 atom stereocenters. The molecule has 2 aliphatic rings. The molecule has 0 radical (unpaired) electrons. The van der Waals surface area contributed by atoms with Crippen molar-refractivity contribution in [3.05, 3.63) is 88.4 Å². The van der Waals surface area contributed by atoms with Crippen LogP contribution in [0, 0.1) is 11.3 Å². The number of amides is 2. The van der Waals surface area contributed by atoms with Gasteiger partial charge in [0.25, 0.3) is 5.91 Å². The normalized spacial score (nSPS) is 15.8. The van der Waals surface area contributed by atoms with Crippen LogP contribution in [0.5, 0.6) is 5.75 Å². The van der Waals surface area contributed by atoms with E-state index < -0.39 is 12.0 Å². The lowest BCUT2D eigenvalue weighted by Gasteiger charge is -2.58. The maximum atomic E-state index is 13.8. The van der Waals surface area contributed by atoms with Gasteiger partial charge in [0.1, 0.15) is 11.8 Å². The Morgan fingerprint density at radius 2 is 1.56 bits per heavy atom. The lowest BCUT2D eigenvalue weighted by molar-refractivity contribution is -0.168. The third-order valence-electron chi connectivity index (χ3n) is 10.3. The number of likely N-dealkylation sites (tertiary alicyclic amines) is 1. The van der Waals surface area contributed by atoms with Crippen LogP contribution in [0.2, 0.25) is 0 Å². The molecule has 274 valence electrons. The maximum absolute atomic E-state index is 13.8. The van der Waals surface area contributed by atoms with Crippen molar-refractivity contribution < 1.29 is 24.2 Å². The summed E-state index contributed by atoms with van der Waals surface area (Å²) in [5.41, 5.74) is 3.48. The Bertz CT molecular complexity index is 1830. The van der Waals surface area contributed by atoms with Crippen molar-refractivity contribution in [2.24, 2.45) is 11.3 Å². The van der Waals surface area contributed by atoms with Crippen molar-refractivity contribution in [2.75, 3.05) is 19.7 Å². The molecule has 0 unspecified atom stereocenters. The molecule has 4 aromatic rings. The summed E-state index contributed by atoms with van der Waals surface area (Å²) < 4.78 is 5.91. The van der Waals surface area contributed by atoms with Gasteiger partial charge in [0.2, 0.25) is 5.91 Å². The van der Waals surface area contributed by atoms with Crippen molar-refractivity contribution in [3.8, 4) is 28.3 Å². The molecule has 3 heterocycles. The Morgan fingerprint density at radius 3 is 2.17 bits per heavy atom. The van der Waals surface area contributed by atoms with Gasteiger partial charge in [-0.1, -0.05) is 89.8 Å². The molecular weight excluding hydrogens is 673 g/mol. The quantitative estimate of drug-likeness (QED) is 0.119. The van der Waals surface area contributed by atoms with Gasteiger partial charge >= 0.3 is 5.97 Å². The minimum absolute atomic E-state index is 0.0829. The Morgan fingerprint density at radius 1 is 0.904 bits per heavy atom. The molecular formula is C42H50N4O5S. The number of hydrogen-bond acceptors (Lipinski definition) is 7. The fourth-order valence-electron chi connectivity index (χ4n) is 7.14. The van der Waals surface area contributed by atoms with Gasteiger partial charge in [0, 0.05) is 53.3 Å². The summed E-state index contributed by atoms with van der Waals surface area (Å²) in [6.07, 6.45) is 11.2. The zero-order valence-corrected chi connectivity index (χ0v) is 31.5. The number of carbonyl (C=O) groups is 3. The second-order valence-corrected chi connectivity index (χ2v) is 16.6. The molecule has 2 aromatic heterocycles. The topological polar surface area (TPSA) is 122 Å². The van der Waals surface area contributed by atoms with E-state index in [0.717, 1.165) is 45.9 Å². The van der Waals surface area contributed by atoms with Crippen LogP contribution < -0.4 is 10.1 Å². The van der Waals surface area contributed by atoms with Gasteiger partial charge < -0.3 is 20.1 Å². The molecule has 1 aliphatic carbocycles. The minimum Gasteiger partial charge on any atom is -0.494 e. The first-order chi connectivity index (χ1) is 24.9. The number of carbonyl (C=O) groups excluding carboxylic acids is 2. The Hall–Kier alpha value is -4.57. The number of aliphatic carboxylic acids is 1. The van der Waals surface area contributed by atoms with E-state index in [0.29, 0.717) is 43.1 Å². The number of nitrogens with one attached hydrogen (secondary N) is 1. The highest BCUT2D eigenvalue weighted by molar-refractivity contribution is 7.14. The first-order valence-electron chi connectivity index (χ1n) is 18.5. The molecule has 1 saturated heterocycles. The molecule has 2 aromatic carbocycles. The molecule has 52 heavy (non-hydrogen) atoms. The highest BCUT2D eigenvalue weighted by atomic mass is 32.1. The molecule has 10 heteroatoms. The van der Waals surface area contributed by atoms with Gasteiger partial charge in [-0.15, -0.1) is 11.3 Å². The second kappa shape index (κ2) is 16.0. The van der Waals surface area contributed by atoms with Crippen molar-refractivity contribution in [2.45, 2.75) is 90.5 Å². The van der Waals surface area contributed by atoms with E-state index in [1.807, 2.05) is 73.1 Å². The van der Waals surface area contributed by atoms with Crippen LogP contribution >= 0.6 is 11.3 Å². The number of benzene rings is 2. The fraction of sp³-hybridized carbons (Fsp3) is 0.452. The first-order valence-corrected chi connectivity index (χ1v) is 19.3. The number of thiophene rings is 1. The number of ether oxygens (including phenoxy) is 1. The summed E-state index contributed by atoms with van der Waals surface area (Å²) in [6, 6.07) is 18.8. The van der Waals surface area contributed by atoms with Crippen LogP contribution in [0.3, 0.4) is 0 Å². The zero-order chi connectivity index (χ0) is 36.9. The van der Waals surface area contributed by atoms with Gasteiger partial charge in [-0.3, -0.25) is 14.4 Å². The average Bonchev–Trinajstić information content (AvgIpc) is 3.61. The number of aromatic nitrogens is 2. The fourth-order valence-corrected chi connectivity index (χ4v) is 8.11. The molecule has 6 rings (SSSR count). The van der Waals surface area contributed by atoms with E-state index in [2.05, 4.69) is 43.0 Å².